The van der Waals surface area contributed by atoms with E-state index in [4.69, 9.17) is 5.73 Å². The molecule has 21 heavy (non-hydrogen) atoms. The zero-order chi connectivity index (χ0) is 15.8. The number of nitrogens with zero attached hydrogens (tertiary/aromatic N) is 2. The second-order valence-electron chi connectivity index (χ2n) is 4.79. The Labute approximate surface area is 123 Å². The summed E-state index contributed by atoms with van der Waals surface area (Å²) in [6, 6.07) is 3.11. The van der Waals surface area contributed by atoms with E-state index in [1.165, 1.54) is 10.4 Å². The van der Waals surface area contributed by atoms with Gasteiger partial charge in [-0.3, -0.25) is 0 Å². The first-order valence-corrected chi connectivity index (χ1v) is 9.41. The Kier molecular flexibility index (Phi) is 4.24. The molecule has 0 radical (unpaired) electrons. The molecular weight excluding hydrogens is 321 g/mol. The van der Waals surface area contributed by atoms with Crippen LogP contribution in [0, 0.1) is 5.82 Å². The first kappa shape index (κ1) is 16.1. The second-order valence-corrected chi connectivity index (χ2v) is 8.71. The molecule has 0 amide bonds. The first-order valence-electron chi connectivity index (χ1n) is 6.12. The highest BCUT2D eigenvalue weighted by molar-refractivity contribution is 7.89. The van der Waals surface area contributed by atoms with Crippen molar-refractivity contribution < 1.29 is 21.2 Å². The molecule has 0 saturated carbocycles. The van der Waals surface area contributed by atoms with Crippen LogP contribution in [-0.2, 0) is 20.0 Å². The summed E-state index contributed by atoms with van der Waals surface area (Å²) < 4.78 is 63.2. The lowest BCUT2D eigenvalue weighted by Gasteiger charge is -2.32. The summed E-state index contributed by atoms with van der Waals surface area (Å²) in [7, 11) is -7.23. The van der Waals surface area contributed by atoms with Gasteiger partial charge in [-0.2, -0.15) is 8.61 Å². The number of halogens is 1. The van der Waals surface area contributed by atoms with Gasteiger partial charge in [0.2, 0.25) is 20.0 Å². The van der Waals surface area contributed by atoms with E-state index in [2.05, 4.69) is 0 Å². The van der Waals surface area contributed by atoms with Crippen molar-refractivity contribution in [3.63, 3.8) is 0 Å². The summed E-state index contributed by atoms with van der Waals surface area (Å²) >= 11 is 0. The summed E-state index contributed by atoms with van der Waals surface area (Å²) in [6.07, 6.45) is 1.07. The van der Waals surface area contributed by atoms with E-state index < -0.39 is 25.9 Å². The molecule has 7 nitrogen and oxygen atoms in total. The summed E-state index contributed by atoms with van der Waals surface area (Å²) in [5.74, 6) is -0.733. The lowest BCUT2D eigenvalue weighted by molar-refractivity contribution is 0.274. The van der Waals surface area contributed by atoms with Gasteiger partial charge in [0.25, 0.3) is 0 Å². The molecule has 0 atom stereocenters. The van der Waals surface area contributed by atoms with Crippen LogP contribution in [-0.4, -0.2) is 57.9 Å². The van der Waals surface area contributed by atoms with Crippen molar-refractivity contribution in [3.8, 4) is 0 Å². The van der Waals surface area contributed by atoms with Crippen LogP contribution in [0.4, 0.5) is 10.1 Å². The Morgan fingerprint density at radius 3 is 2.00 bits per heavy atom. The number of hydrogen-bond acceptors (Lipinski definition) is 5. The zero-order valence-corrected chi connectivity index (χ0v) is 13.0. The molecule has 2 rings (SSSR count). The largest absolute Gasteiger partial charge is 0.399 e. The van der Waals surface area contributed by atoms with Crippen molar-refractivity contribution in [2.24, 2.45) is 0 Å². The molecule has 0 spiro atoms. The SMILES string of the molecule is CS(=O)(=O)N1CCN(S(=O)(=O)c2cc(N)cc(F)c2)CC1. The molecule has 1 aliphatic rings. The maximum absolute atomic E-state index is 13.3. The van der Waals surface area contributed by atoms with Crippen LogP contribution in [0.1, 0.15) is 0 Å². The number of hydrogen-bond donors (Lipinski definition) is 1. The third-order valence-electron chi connectivity index (χ3n) is 3.20. The van der Waals surface area contributed by atoms with Crippen LogP contribution in [0.5, 0.6) is 0 Å². The molecule has 1 saturated heterocycles. The number of benzene rings is 1. The van der Waals surface area contributed by atoms with Crippen molar-refractivity contribution in [1.82, 2.24) is 8.61 Å². The topological polar surface area (TPSA) is 101 Å². The minimum Gasteiger partial charge on any atom is -0.399 e. The monoisotopic (exact) mass is 337 g/mol. The highest BCUT2D eigenvalue weighted by atomic mass is 32.2. The second kappa shape index (κ2) is 5.52. The normalized spacial score (nSPS) is 18.8. The number of rotatable bonds is 3. The minimum atomic E-state index is -3.88. The highest BCUT2D eigenvalue weighted by Crippen LogP contribution is 2.21. The third kappa shape index (κ3) is 3.51. The van der Waals surface area contributed by atoms with E-state index in [-0.39, 0.29) is 36.8 Å². The molecule has 1 heterocycles. The number of piperazine rings is 1. The maximum atomic E-state index is 13.3. The summed E-state index contributed by atoms with van der Waals surface area (Å²) in [4.78, 5) is -0.229. The van der Waals surface area contributed by atoms with Crippen LogP contribution in [0.25, 0.3) is 0 Å². The summed E-state index contributed by atoms with van der Waals surface area (Å²) in [5, 5.41) is 0. The van der Waals surface area contributed by atoms with E-state index in [9.17, 15) is 21.2 Å². The van der Waals surface area contributed by atoms with E-state index >= 15 is 0 Å². The van der Waals surface area contributed by atoms with E-state index in [1.807, 2.05) is 0 Å². The predicted octanol–water partition coefficient (Wildman–Crippen LogP) is -0.326. The molecule has 1 fully saturated rings. The molecule has 118 valence electrons. The molecule has 10 heteroatoms. The Morgan fingerprint density at radius 1 is 1.00 bits per heavy atom. The van der Waals surface area contributed by atoms with Gasteiger partial charge in [0, 0.05) is 31.9 Å². The van der Waals surface area contributed by atoms with Gasteiger partial charge >= 0.3 is 0 Å². The van der Waals surface area contributed by atoms with Crippen molar-refractivity contribution >= 4 is 25.7 Å². The Bertz CT molecular complexity index is 720. The fourth-order valence-electron chi connectivity index (χ4n) is 2.12. The van der Waals surface area contributed by atoms with Crippen molar-refractivity contribution in [2.75, 3.05) is 38.2 Å². The molecule has 2 N–H and O–H groups in total. The van der Waals surface area contributed by atoms with E-state index in [0.29, 0.717) is 0 Å². The predicted molar refractivity (Wildman–Crippen MR) is 76.0 cm³/mol. The van der Waals surface area contributed by atoms with Crippen LogP contribution in [0.2, 0.25) is 0 Å². The van der Waals surface area contributed by atoms with Crippen molar-refractivity contribution in [2.45, 2.75) is 4.90 Å². The average Bonchev–Trinajstić information content (AvgIpc) is 2.36. The van der Waals surface area contributed by atoms with Crippen LogP contribution < -0.4 is 5.73 Å². The van der Waals surface area contributed by atoms with Gasteiger partial charge < -0.3 is 5.73 Å². The maximum Gasteiger partial charge on any atom is 0.243 e. The number of sulfonamides is 2. The number of nitrogens with two attached hydrogens (primary N) is 1. The Morgan fingerprint density at radius 2 is 1.52 bits per heavy atom. The van der Waals surface area contributed by atoms with Gasteiger partial charge in [0.15, 0.2) is 0 Å². The fourth-order valence-corrected chi connectivity index (χ4v) is 4.44. The Balaban J connectivity index is 2.22. The van der Waals surface area contributed by atoms with Crippen molar-refractivity contribution in [1.29, 1.82) is 0 Å². The van der Waals surface area contributed by atoms with Gasteiger partial charge in [-0.05, 0) is 18.2 Å². The molecule has 1 aromatic rings. The lowest BCUT2D eigenvalue weighted by Crippen LogP contribution is -2.50. The van der Waals surface area contributed by atoms with Gasteiger partial charge in [0.1, 0.15) is 5.82 Å². The van der Waals surface area contributed by atoms with E-state index in [1.54, 1.807) is 0 Å². The molecule has 0 aromatic heterocycles. The summed E-state index contributed by atoms with van der Waals surface area (Å²) in [6.45, 7) is 0.184. The zero-order valence-electron chi connectivity index (χ0n) is 11.4. The average molecular weight is 337 g/mol. The molecule has 1 aliphatic heterocycles. The molecule has 0 bridgehead atoms. The molecule has 0 aliphatic carbocycles. The Hall–Kier alpha value is -1.23. The van der Waals surface area contributed by atoms with Crippen LogP contribution >= 0.6 is 0 Å². The number of anilines is 1. The lowest BCUT2D eigenvalue weighted by atomic mass is 10.3. The van der Waals surface area contributed by atoms with Gasteiger partial charge in [-0.15, -0.1) is 0 Å². The van der Waals surface area contributed by atoms with Gasteiger partial charge in [-0.25, -0.2) is 21.2 Å². The smallest absolute Gasteiger partial charge is 0.243 e. The van der Waals surface area contributed by atoms with E-state index in [0.717, 1.165) is 22.7 Å². The first-order chi connectivity index (χ1) is 9.60. The summed E-state index contributed by atoms with van der Waals surface area (Å²) in [5.41, 5.74) is 5.47. The quantitative estimate of drug-likeness (QED) is 0.762. The minimum absolute atomic E-state index is 0.0170. The standard InChI is InChI=1S/C11H16FN3O4S2/c1-20(16,17)14-2-4-15(5-3-14)21(18,19)11-7-9(12)6-10(13)8-11/h6-8H,2-5,13H2,1H3. The van der Waals surface area contributed by atoms with Crippen LogP contribution in [0.15, 0.2) is 23.1 Å². The molecule has 0 unspecified atom stereocenters. The number of nitrogen functional groups attached to an aromatic ring is 1. The fraction of sp³-hybridized carbons (Fsp3) is 0.455. The molecular formula is C11H16FN3O4S2. The van der Waals surface area contributed by atoms with Crippen molar-refractivity contribution in [3.05, 3.63) is 24.0 Å². The highest BCUT2D eigenvalue weighted by Gasteiger charge is 2.31. The van der Waals surface area contributed by atoms with Gasteiger partial charge in [0.05, 0.1) is 11.2 Å². The molecule has 1 aromatic carbocycles. The third-order valence-corrected chi connectivity index (χ3v) is 6.38. The van der Waals surface area contributed by atoms with Gasteiger partial charge in [-0.1, -0.05) is 0 Å². The van der Waals surface area contributed by atoms with Crippen LogP contribution in [0.3, 0.4) is 0 Å².